The van der Waals surface area contributed by atoms with Crippen LogP contribution in [0.25, 0.3) is 0 Å². The number of carbonyl (C=O) groups is 1. The van der Waals surface area contributed by atoms with E-state index >= 15 is 0 Å². The third-order valence-electron chi connectivity index (χ3n) is 1.39. The van der Waals surface area contributed by atoms with Gasteiger partial charge in [0.1, 0.15) is 31.1 Å². The molecule has 6 heteroatoms. The molecule has 0 amide bonds. The third-order valence-corrected chi connectivity index (χ3v) is 1.39. The fourth-order valence-electron chi connectivity index (χ4n) is 0.601. The minimum absolute atomic E-state index is 0.0150. The summed E-state index contributed by atoms with van der Waals surface area (Å²) in [7, 11) is 0. The normalized spacial score (nSPS) is 21.1. The summed E-state index contributed by atoms with van der Waals surface area (Å²) < 4.78 is 11.7. The van der Waals surface area contributed by atoms with E-state index in [9.17, 15) is 9.18 Å². The number of carbonyl (C=O) groups excluding carboxylic acids is 1. The van der Waals surface area contributed by atoms with Gasteiger partial charge in [-0.3, -0.25) is 0 Å². The first-order chi connectivity index (χ1) is 5.54. The highest BCUT2D eigenvalue weighted by molar-refractivity contribution is 5.56. The molecule has 4 atom stereocenters. The van der Waals surface area contributed by atoms with Crippen molar-refractivity contribution in [2.45, 2.75) is 24.4 Å². The van der Waals surface area contributed by atoms with Gasteiger partial charge in [0.2, 0.25) is 0 Å². The summed E-state index contributed by atoms with van der Waals surface area (Å²) in [5.74, 6) is 0. The van der Waals surface area contributed by atoms with Crippen LogP contribution in [0, 0.1) is 0 Å². The first kappa shape index (κ1) is 11.4. The number of halogens is 1. The molecule has 0 bridgehead atoms. The van der Waals surface area contributed by atoms with Gasteiger partial charge in [0.05, 0.1) is 0 Å². The second-order valence-corrected chi connectivity index (χ2v) is 2.33. The van der Waals surface area contributed by atoms with Crippen molar-refractivity contribution in [2.24, 2.45) is 0 Å². The molecular weight excluding hydrogens is 171 g/mol. The van der Waals surface area contributed by atoms with Crippen LogP contribution in [0.2, 0.25) is 0 Å². The minimum atomic E-state index is -1.87. The number of alkyl halides is 1. The molecule has 0 saturated carbocycles. The van der Waals surface area contributed by atoms with Gasteiger partial charge >= 0.3 is 0 Å². The van der Waals surface area contributed by atoms with Gasteiger partial charge in [0.15, 0.2) is 6.29 Å². The zero-order valence-electron chi connectivity index (χ0n) is 6.17. The Hall–Kier alpha value is -0.560. The van der Waals surface area contributed by atoms with Crippen LogP contribution in [0.5, 0.6) is 0 Å². The van der Waals surface area contributed by atoms with Crippen molar-refractivity contribution in [2.75, 3.05) is 6.67 Å². The van der Waals surface area contributed by atoms with Crippen LogP contribution in [0.3, 0.4) is 0 Å². The number of aliphatic hydroxyl groups is 4. The van der Waals surface area contributed by atoms with Crippen LogP contribution in [-0.2, 0) is 4.79 Å². The number of rotatable bonds is 5. The second-order valence-electron chi connectivity index (χ2n) is 2.33. The Labute approximate surface area is 68.1 Å². The molecule has 4 N–H and O–H groups in total. The average Bonchev–Trinajstić information content (AvgIpc) is 2.12. The van der Waals surface area contributed by atoms with Crippen molar-refractivity contribution in [3.8, 4) is 0 Å². The molecule has 0 spiro atoms. The van der Waals surface area contributed by atoms with Gasteiger partial charge in [-0.05, 0) is 0 Å². The fraction of sp³-hybridized carbons (Fsp3) is 0.833. The van der Waals surface area contributed by atoms with E-state index in [-0.39, 0.29) is 6.29 Å². The first-order valence-corrected chi connectivity index (χ1v) is 3.28. The lowest BCUT2D eigenvalue weighted by molar-refractivity contribution is -0.134. The summed E-state index contributed by atoms with van der Waals surface area (Å²) in [5, 5.41) is 34.9. The predicted octanol–water partition coefficient (Wildman–Crippen LogP) is -2.40. The molecule has 0 rings (SSSR count). The van der Waals surface area contributed by atoms with Crippen LogP contribution >= 0.6 is 0 Å². The van der Waals surface area contributed by atoms with Gasteiger partial charge in [-0.2, -0.15) is 0 Å². The maximum absolute atomic E-state index is 11.7. The quantitative estimate of drug-likeness (QED) is 0.355. The van der Waals surface area contributed by atoms with Gasteiger partial charge in [0, 0.05) is 0 Å². The van der Waals surface area contributed by atoms with E-state index in [0.29, 0.717) is 0 Å². The van der Waals surface area contributed by atoms with Gasteiger partial charge in [0.25, 0.3) is 0 Å². The van der Waals surface area contributed by atoms with Crippen molar-refractivity contribution in [1.82, 2.24) is 0 Å². The zero-order chi connectivity index (χ0) is 9.72. The monoisotopic (exact) mass is 182 g/mol. The molecule has 0 aromatic carbocycles. The topological polar surface area (TPSA) is 98.0 Å². The van der Waals surface area contributed by atoms with Gasteiger partial charge in [-0.15, -0.1) is 0 Å². The highest BCUT2D eigenvalue weighted by Gasteiger charge is 2.29. The Balaban J connectivity index is 4.07. The summed E-state index contributed by atoms with van der Waals surface area (Å²) >= 11 is 0. The second kappa shape index (κ2) is 5.15. The average molecular weight is 182 g/mol. The van der Waals surface area contributed by atoms with Crippen molar-refractivity contribution < 1.29 is 29.6 Å². The molecule has 5 nitrogen and oxygen atoms in total. The van der Waals surface area contributed by atoms with Crippen molar-refractivity contribution in [1.29, 1.82) is 0 Å². The molecule has 0 radical (unpaired) electrons. The Morgan fingerprint density at radius 1 is 1.17 bits per heavy atom. The SMILES string of the molecule is O=C[C@@H](O)[C@@H](O)[C@@H](O)[C@@H](O)CF. The lowest BCUT2D eigenvalue weighted by atomic mass is 10.0. The Bertz CT molecular complexity index is 142. The van der Waals surface area contributed by atoms with E-state index in [2.05, 4.69) is 0 Å². The van der Waals surface area contributed by atoms with Crippen LogP contribution in [0.15, 0.2) is 0 Å². The summed E-state index contributed by atoms with van der Waals surface area (Å²) in [6.07, 6.45) is -7.36. The predicted molar refractivity (Wildman–Crippen MR) is 36.1 cm³/mol. The summed E-state index contributed by atoms with van der Waals surface area (Å²) in [4.78, 5) is 9.87. The van der Waals surface area contributed by atoms with Crippen LogP contribution in [0.1, 0.15) is 0 Å². The lowest BCUT2D eigenvalue weighted by Crippen LogP contribution is -2.45. The van der Waals surface area contributed by atoms with Crippen LogP contribution in [-0.4, -0.2) is 57.8 Å². The number of hydrogen-bond donors (Lipinski definition) is 4. The Morgan fingerprint density at radius 2 is 1.67 bits per heavy atom. The standard InChI is InChI=1S/C6H11FO5/c7-1-3(9)5(11)6(12)4(10)2-8/h2-6,9-12H,1H2/t3-,4+,5-,6+/m0/s1. The van der Waals surface area contributed by atoms with Crippen molar-refractivity contribution in [3.63, 3.8) is 0 Å². The lowest BCUT2D eigenvalue weighted by Gasteiger charge is -2.21. The van der Waals surface area contributed by atoms with Crippen LogP contribution in [0.4, 0.5) is 4.39 Å². The molecule has 0 saturated heterocycles. The maximum Gasteiger partial charge on any atom is 0.151 e. The Morgan fingerprint density at radius 3 is 2.00 bits per heavy atom. The molecule has 0 unspecified atom stereocenters. The Kier molecular flexibility index (Phi) is 4.91. The number of hydrogen-bond acceptors (Lipinski definition) is 5. The highest BCUT2D eigenvalue weighted by Crippen LogP contribution is 2.04. The molecule has 0 aliphatic heterocycles. The van der Waals surface area contributed by atoms with Crippen molar-refractivity contribution in [3.05, 3.63) is 0 Å². The van der Waals surface area contributed by atoms with Crippen molar-refractivity contribution >= 4 is 6.29 Å². The van der Waals surface area contributed by atoms with E-state index in [4.69, 9.17) is 20.4 Å². The summed E-state index contributed by atoms with van der Waals surface area (Å²) in [5.41, 5.74) is 0. The van der Waals surface area contributed by atoms with E-state index in [1.165, 1.54) is 0 Å². The zero-order valence-corrected chi connectivity index (χ0v) is 6.17. The van der Waals surface area contributed by atoms with Gasteiger partial charge in [-0.1, -0.05) is 0 Å². The summed E-state index contributed by atoms with van der Waals surface area (Å²) in [6, 6.07) is 0. The fourth-order valence-corrected chi connectivity index (χ4v) is 0.601. The van der Waals surface area contributed by atoms with E-state index in [1.54, 1.807) is 0 Å². The molecule has 12 heavy (non-hydrogen) atoms. The molecule has 0 fully saturated rings. The molecule has 0 aliphatic rings. The van der Waals surface area contributed by atoms with Gasteiger partial charge in [-0.25, -0.2) is 4.39 Å². The van der Waals surface area contributed by atoms with Crippen LogP contribution < -0.4 is 0 Å². The smallest absolute Gasteiger partial charge is 0.151 e. The molecular formula is C6H11FO5. The molecule has 0 aliphatic carbocycles. The molecule has 0 aromatic heterocycles. The largest absolute Gasteiger partial charge is 0.388 e. The van der Waals surface area contributed by atoms with Gasteiger partial charge < -0.3 is 25.2 Å². The molecule has 0 aromatic rings. The third kappa shape index (κ3) is 2.82. The highest BCUT2D eigenvalue weighted by atomic mass is 19.1. The number of aliphatic hydroxyl groups excluding tert-OH is 4. The van der Waals surface area contributed by atoms with E-state index in [1.807, 2.05) is 0 Å². The number of aldehydes is 1. The van der Waals surface area contributed by atoms with E-state index < -0.39 is 31.1 Å². The first-order valence-electron chi connectivity index (χ1n) is 3.28. The minimum Gasteiger partial charge on any atom is -0.388 e. The van der Waals surface area contributed by atoms with E-state index in [0.717, 1.165) is 0 Å². The maximum atomic E-state index is 11.7. The summed E-state index contributed by atoms with van der Waals surface area (Å²) in [6.45, 7) is -1.26. The molecule has 72 valence electrons. The molecule has 0 heterocycles.